The number of benzene rings is 2. The average Bonchev–Trinajstić information content (AvgIpc) is 2.72. The second-order valence-corrected chi connectivity index (χ2v) is 8.16. The van der Waals surface area contributed by atoms with Crippen LogP contribution in [0, 0.1) is 8.99 Å². The molecule has 5 nitrogen and oxygen atoms in total. The number of halogens is 1. The number of carbonyl (C=O) groups is 2. The summed E-state index contributed by atoms with van der Waals surface area (Å²) in [6.45, 7) is 8.13. The van der Waals surface area contributed by atoms with Crippen LogP contribution >= 0.6 is 22.6 Å². The Morgan fingerprint density at radius 2 is 2.07 bits per heavy atom. The summed E-state index contributed by atoms with van der Waals surface area (Å²) in [5.74, 6) is 0.377. The molecular formula is C21H21IN2O3. The number of carbonyl (C=O) groups excluding carboxylic acids is 2. The van der Waals surface area contributed by atoms with Gasteiger partial charge in [0.25, 0.3) is 5.91 Å². The zero-order valence-corrected chi connectivity index (χ0v) is 17.4. The monoisotopic (exact) mass is 476 g/mol. The highest BCUT2D eigenvalue weighted by Gasteiger charge is 2.37. The maximum atomic E-state index is 12.9. The van der Waals surface area contributed by atoms with Crippen LogP contribution in [-0.4, -0.2) is 25.0 Å². The van der Waals surface area contributed by atoms with Crippen LogP contribution in [0.2, 0.25) is 0 Å². The van der Waals surface area contributed by atoms with Gasteiger partial charge in [-0.1, -0.05) is 18.2 Å². The Labute approximate surface area is 172 Å². The van der Waals surface area contributed by atoms with Gasteiger partial charge in [-0.05, 0) is 66.8 Å². The van der Waals surface area contributed by atoms with E-state index in [0.29, 0.717) is 35.8 Å². The predicted molar refractivity (Wildman–Crippen MR) is 115 cm³/mol. The zero-order valence-electron chi connectivity index (χ0n) is 15.3. The molecule has 0 unspecified atom stereocenters. The highest BCUT2D eigenvalue weighted by atomic mass is 127. The molecule has 2 aromatic carbocycles. The lowest BCUT2D eigenvalue weighted by Gasteiger charge is -2.27. The molecule has 1 aliphatic rings. The summed E-state index contributed by atoms with van der Waals surface area (Å²) in [6, 6.07) is 12.7. The van der Waals surface area contributed by atoms with Gasteiger partial charge < -0.3 is 15.0 Å². The van der Waals surface area contributed by atoms with Crippen LogP contribution in [0.5, 0.6) is 5.75 Å². The molecule has 0 saturated heterocycles. The fourth-order valence-electron chi connectivity index (χ4n) is 2.88. The molecule has 2 aromatic rings. The van der Waals surface area contributed by atoms with E-state index in [1.807, 2.05) is 32.0 Å². The van der Waals surface area contributed by atoms with E-state index in [9.17, 15) is 9.59 Å². The maximum absolute atomic E-state index is 12.9. The van der Waals surface area contributed by atoms with E-state index in [2.05, 4.69) is 34.5 Å². The fourth-order valence-corrected chi connectivity index (χ4v) is 3.51. The predicted octanol–water partition coefficient (Wildman–Crippen LogP) is 4.48. The number of fused-ring (bicyclic) bond motifs is 1. The first-order valence-corrected chi connectivity index (χ1v) is 9.67. The molecule has 1 aliphatic heterocycles. The van der Waals surface area contributed by atoms with E-state index in [1.54, 1.807) is 35.2 Å². The summed E-state index contributed by atoms with van der Waals surface area (Å²) < 4.78 is 6.73. The van der Waals surface area contributed by atoms with Gasteiger partial charge in [-0.3, -0.25) is 9.59 Å². The first kappa shape index (κ1) is 19.4. The summed E-state index contributed by atoms with van der Waals surface area (Å²) >= 11 is 2.13. The molecule has 6 heteroatoms. The molecule has 27 heavy (non-hydrogen) atoms. The van der Waals surface area contributed by atoms with Crippen molar-refractivity contribution in [2.24, 2.45) is 5.41 Å². The van der Waals surface area contributed by atoms with Crippen molar-refractivity contribution in [3.05, 3.63) is 64.3 Å². The Morgan fingerprint density at radius 1 is 1.33 bits per heavy atom. The second kappa shape index (κ2) is 7.72. The summed E-state index contributed by atoms with van der Waals surface area (Å²) in [6.07, 6.45) is 1.68. The van der Waals surface area contributed by atoms with Crippen LogP contribution in [-0.2, 0) is 4.79 Å². The molecule has 140 valence electrons. The van der Waals surface area contributed by atoms with Crippen molar-refractivity contribution >= 4 is 45.8 Å². The van der Waals surface area contributed by atoms with Crippen molar-refractivity contribution < 1.29 is 14.3 Å². The van der Waals surface area contributed by atoms with Gasteiger partial charge in [0.05, 0.1) is 16.7 Å². The molecule has 2 amide bonds. The quantitative estimate of drug-likeness (QED) is 0.523. The highest BCUT2D eigenvalue weighted by Crippen LogP contribution is 2.38. The molecule has 0 spiro atoms. The summed E-state index contributed by atoms with van der Waals surface area (Å²) in [5, 5.41) is 2.90. The minimum absolute atomic E-state index is 0.0396. The molecule has 0 bridgehead atoms. The standard InChI is InChI=1S/C21H21IN2O3/c1-4-11-24-17-12-14(23-19(25)15-7-5-6-8-16(15)22)9-10-18(17)27-13-21(2,3)20(24)26/h4-10,12H,1,11,13H2,2-3H3,(H,23,25). The highest BCUT2D eigenvalue weighted by molar-refractivity contribution is 14.1. The molecule has 1 N–H and O–H groups in total. The van der Waals surface area contributed by atoms with Crippen LogP contribution in [0.3, 0.4) is 0 Å². The lowest BCUT2D eigenvalue weighted by molar-refractivity contribution is -0.127. The van der Waals surface area contributed by atoms with Gasteiger partial charge in [0.1, 0.15) is 12.4 Å². The third-order valence-corrected chi connectivity index (χ3v) is 5.29. The van der Waals surface area contributed by atoms with Crippen molar-refractivity contribution in [3.8, 4) is 5.75 Å². The van der Waals surface area contributed by atoms with E-state index in [1.165, 1.54) is 0 Å². The Balaban J connectivity index is 1.95. The van der Waals surface area contributed by atoms with Crippen LogP contribution in [0.25, 0.3) is 0 Å². The molecule has 3 rings (SSSR count). The molecule has 0 radical (unpaired) electrons. The van der Waals surface area contributed by atoms with Crippen molar-refractivity contribution in [2.45, 2.75) is 13.8 Å². The number of ether oxygens (including phenoxy) is 1. The van der Waals surface area contributed by atoms with Gasteiger partial charge in [-0.15, -0.1) is 6.58 Å². The minimum Gasteiger partial charge on any atom is -0.490 e. The first-order valence-electron chi connectivity index (χ1n) is 8.59. The zero-order chi connectivity index (χ0) is 19.6. The van der Waals surface area contributed by atoms with E-state index >= 15 is 0 Å². The number of hydrogen-bond acceptors (Lipinski definition) is 3. The van der Waals surface area contributed by atoms with Crippen molar-refractivity contribution in [1.29, 1.82) is 0 Å². The Kier molecular flexibility index (Phi) is 5.55. The first-order chi connectivity index (χ1) is 12.8. The third-order valence-electron chi connectivity index (χ3n) is 4.35. The molecule has 0 atom stereocenters. The number of rotatable bonds is 4. The van der Waals surface area contributed by atoms with Gasteiger partial charge >= 0.3 is 0 Å². The van der Waals surface area contributed by atoms with Gasteiger partial charge in [0.2, 0.25) is 5.91 Å². The maximum Gasteiger partial charge on any atom is 0.256 e. The number of anilines is 2. The van der Waals surface area contributed by atoms with Crippen LogP contribution in [0.4, 0.5) is 11.4 Å². The number of nitrogens with zero attached hydrogens (tertiary/aromatic N) is 1. The summed E-state index contributed by atoms with van der Waals surface area (Å²) in [5.41, 5.74) is 1.19. The molecular weight excluding hydrogens is 455 g/mol. The van der Waals surface area contributed by atoms with Crippen molar-refractivity contribution in [3.63, 3.8) is 0 Å². The van der Waals surface area contributed by atoms with Gasteiger partial charge in [0, 0.05) is 15.8 Å². The molecule has 0 aliphatic carbocycles. The largest absolute Gasteiger partial charge is 0.490 e. The summed E-state index contributed by atoms with van der Waals surface area (Å²) in [4.78, 5) is 27.2. The minimum atomic E-state index is -0.647. The van der Waals surface area contributed by atoms with Crippen LogP contribution in [0.15, 0.2) is 55.1 Å². The molecule has 0 aromatic heterocycles. The van der Waals surface area contributed by atoms with Crippen molar-refractivity contribution in [1.82, 2.24) is 0 Å². The molecule has 0 fully saturated rings. The van der Waals surface area contributed by atoms with Gasteiger partial charge in [-0.25, -0.2) is 0 Å². The molecule has 1 heterocycles. The summed E-state index contributed by atoms with van der Waals surface area (Å²) in [7, 11) is 0. The number of nitrogens with one attached hydrogen (secondary N) is 1. The Morgan fingerprint density at radius 3 is 2.78 bits per heavy atom. The Hall–Kier alpha value is -2.35. The SMILES string of the molecule is C=CCN1C(=O)C(C)(C)COc2ccc(NC(=O)c3ccccc3I)cc21. The van der Waals surface area contributed by atoms with E-state index in [0.717, 1.165) is 3.57 Å². The molecule has 0 saturated carbocycles. The normalized spacial score (nSPS) is 15.4. The number of hydrogen-bond donors (Lipinski definition) is 1. The average molecular weight is 476 g/mol. The van der Waals surface area contributed by atoms with Crippen LogP contribution < -0.4 is 15.0 Å². The van der Waals surface area contributed by atoms with E-state index < -0.39 is 5.41 Å². The van der Waals surface area contributed by atoms with Crippen LogP contribution in [0.1, 0.15) is 24.2 Å². The lowest BCUT2D eigenvalue weighted by atomic mass is 9.93. The second-order valence-electron chi connectivity index (χ2n) is 6.99. The lowest BCUT2D eigenvalue weighted by Crippen LogP contribution is -2.42. The van der Waals surface area contributed by atoms with Gasteiger partial charge in [-0.2, -0.15) is 0 Å². The third kappa shape index (κ3) is 4.00. The van der Waals surface area contributed by atoms with E-state index in [4.69, 9.17) is 4.74 Å². The smallest absolute Gasteiger partial charge is 0.256 e. The topological polar surface area (TPSA) is 58.6 Å². The van der Waals surface area contributed by atoms with Crippen molar-refractivity contribution in [2.75, 3.05) is 23.4 Å². The number of amides is 2. The fraction of sp³-hybridized carbons (Fsp3) is 0.238. The van der Waals surface area contributed by atoms with Gasteiger partial charge in [0.15, 0.2) is 0 Å². The van der Waals surface area contributed by atoms with E-state index in [-0.39, 0.29) is 11.8 Å². The Bertz CT molecular complexity index is 908.